The summed E-state index contributed by atoms with van der Waals surface area (Å²) in [6, 6.07) is 14.0. The molecule has 0 unspecified atom stereocenters. The second kappa shape index (κ2) is 11.0. The third-order valence-electron chi connectivity index (χ3n) is 5.92. The fourth-order valence-electron chi connectivity index (χ4n) is 4.18. The molecule has 4 rings (SSSR count). The molecule has 1 N–H and O–H groups in total. The zero-order valence-corrected chi connectivity index (χ0v) is 21.1. The maximum absolute atomic E-state index is 14.9. The van der Waals surface area contributed by atoms with Gasteiger partial charge in [0.25, 0.3) is 5.91 Å². The molecular formula is C26H29FN4O4S. The average molecular weight is 513 g/mol. The van der Waals surface area contributed by atoms with Crippen molar-refractivity contribution in [2.45, 2.75) is 13.5 Å². The lowest BCUT2D eigenvalue weighted by Gasteiger charge is -2.36. The van der Waals surface area contributed by atoms with Crippen molar-refractivity contribution in [3.8, 4) is 16.9 Å². The van der Waals surface area contributed by atoms with Gasteiger partial charge in [-0.15, -0.1) is 0 Å². The Morgan fingerprint density at radius 3 is 2.42 bits per heavy atom. The average Bonchev–Trinajstić information content (AvgIpc) is 2.84. The number of aromatic nitrogens is 1. The molecule has 0 bridgehead atoms. The van der Waals surface area contributed by atoms with Crippen molar-refractivity contribution in [3.05, 3.63) is 77.9 Å². The minimum absolute atomic E-state index is 0.286. The molecule has 1 amide bonds. The minimum atomic E-state index is -3.60. The van der Waals surface area contributed by atoms with Crippen LogP contribution in [0.1, 0.15) is 22.8 Å². The van der Waals surface area contributed by atoms with E-state index < -0.39 is 15.9 Å². The van der Waals surface area contributed by atoms with E-state index in [1.807, 2.05) is 29.8 Å². The molecule has 1 saturated heterocycles. The van der Waals surface area contributed by atoms with Crippen LogP contribution in [0.4, 0.5) is 10.1 Å². The maximum atomic E-state index is 14.9. The van der Waals surface area contributed by atoms with Crippen LogP contribution in [0.5, 0.6) is 5.75 Å². The first-order valence-corrected chi connectivity index (χ1v) is 13.6. The predicted octanol–water partition coefficient (Wildman–Crippen LogP) is 3.30. The molecule has 3 aromatic rings. The van der Waals surface area contributed by atoms with E-state index in [1.165, 1.54) is 0 Å². The Labute approximate surface area is 210 Å². The van der Waals surface area contributed by atoms with E-state index in [0.29, 0.717) is 30.0 Å². The number of rotatable bonds is 8. The third kappa shape index (κ3) is 6.58. The van der Waals surface area contributed by atoms with Gasteiger partial charge in [-0.25, -0.2) is 17.5 Å². The van der Waals surface area contributed by atoms with Crippen molar-refractivity contribution >= 4 is 21.6 Å². The number of nitrogens with one attached hydrogen (secondary N) is 1. The van der Waals surface area contributed by atoms with Gasteiger partial charge in [-0.1, -0.05) is 12.1 Å². The number of carbonyl (C=O) groups excluding carboxylic acids is 1. The van der Waals surface area contributed by atoms with Gasteiger partial charge in [0, 0.05) is 61.3 Å². The summed E-state index contributed by atoms with van der Waals surface area (Å²) in [5.74, 6) is -0.324. The Morgan fingerprint density at radius 1 is 1.06 bits per heavy atom. The molecule has 1 aliphatic rings. The van der Waals surface area contributed by atoms with Crippen LogP contribution in [0, 0.1) is 5.82 Å². The van der Waals surface area contributed by atoms with Gasteiger partial charge in [-0.2, -0.15) is 0 Å². The first-order valence-electron chi connectivity index (χ1n) is 11.7. The molecule has 0 saturated carbocycles. The number of hydrogen-bond acceptors (Lipinski definition) is 7. The molecule has 2 heterocycles. The van der Waals surface area contributed by atoms with Crippen LogP contribution in [-0.4, -0.2) is 63.3 Å². The number of nitrogens with zero attached hydrogens (tertiary/aromatic N) is 3. The van der Waals surface area contributed by atoms with Gasteiger partial charge in [0.15, 0.2) is 0 Å². The van der Waals surface area contributed by atoms with Crippen LogP contribution < -0.4 is 14.4 Å². The maximum Gasteiger partial charge on any atom is 0.264 e. The molecule has 2 aromatic carbocycles. The normalized spacial score (nSPS) is 14.5. The SMILES string of the molecule is CCOc1cncc(-c2ccc(CN3CCN(c4ccc(C(=O)NS(C)(=O)=O)cc4)CC3)cc2F)c1. The second-order valence-electron chi connectivity index (χ2n) is 8.67. The Bertz CT molecular complexity index is 1320. The van der Waals surface area contributed by atoms with Crippen LogP contribution in [0.3, 0.4) is 0 Å². The number of amides is 1. The Balaban J connectivity index is 1.33. The summed E-state index contributed by atoms with van der Waals surface area (Å²) < 4.78 is 44.9. The molecule has 1 fully saturated rings. The van der Waals surface area contributed by atoms with Crippen molar-refractivity contribution in [2.75, 3.05) is 43.9 Å². The topological polar surface area (TPSA) is 91.8 Å². The van der Waals surface area contributed by atoms with Crippen LogP contribution in [-0.2, 0) is 16.6 Å². The highest BCUT2D eigenvalue weighted by Gasteiger charge is 2.19. The van der Waals surface area contributed by atoms with E-state index in [4.69, 9.17) is 4.74 Å². The van der Waals surface area contributed by atoms with Crippen molar-refractivity contribution in [3.63, 3.8) is 0 Å². The lowest BCUT2D eigenvalue weighted by molar-refractivity contribution is 0.0981. The molecule has 1 aliphatic heterocycles. The summed E-state index contributed by atoms with van der Waals surface area (Å²) in [5.41, 5.74) is 3.32. The van der Waals surface area contributed by atoms with E-state index in [-0.39, 0.29) is 11.4 Å². The van der Waals surface area contributed by atoms with Crippen molar-refractivity contribution in [1.82, 2.24) is 14.6 Å². The highest BCUT2D eigenvalue weighted by molar-refractivity contribution is 7.89. The van der Waals surface area contributed by atoms with Crippen LogP contribution in [0.2, 0.25) is 0 Å². The molecule has 0 spiro atoms. The van der Waals surface area contributed by atoms with E-state index in [2.05, 4.69) is 14.8 Å². The monoisotopic (exact) mass is 512 g/mol. The van der Waals surface area contributed by atoms with Crippen LogP contribution >= 0.6 is 0 Å². The number of carbonyl (C=O) groups is 1. The Morgan fingerprint density at radius 2 is 1.78 bits per heavy atom. The number of ether oxygens (including phenoxy) is 1. The van der Waals surface area contributed by atoms with Gasteiger partial charge in [0.1, 0.15) is 11.6 Å². The standard InChI is InChI=1S/C26H29FN4O4S/c1-3-35-23-15-21(16-28-17-23)24-9-4-19(14-25(24)27)18-30-10-12-31(13-11-30)22-7-5-20(6-8-22)26(32)29-36(2,33)34/h4-9,14-17H,3,10-13,18H2,1-2H3,(H,29,32). The van der Waals surface area contributed by atoms with Gasteiger partial charge < -0.3 is 9.64 Å². The van der Waals surface area contributed by atoms with Crippen molar-refractivity contribution in [1.29, 1.82) is 0 Å². The quantitative estimate of drug-likeness (QED) is 0.495. The van der Waals surface area contributed by atoms with Crippen LogP contribution in [0.15, 0.2) is 60.9 Å². The highest BCUT2D eigenvalue weighted by Crippen LogP contribution is 2.27. The lowest BCUT2D eigenvalue weighted by Crippen LogP contribution is -2.46. The number of sulfonamides is 1. The smallest absolute Gasteiger partial charge is 0.264 e. The fourth-order valence-corrected chi connectivity index (χ4v) is 4.63. The van der Waals surface area contributed by atoms with Gasteiger partial charge in [0.05, 0.1) is 19.1 Å². The summed E-state index contributed by atoms with van der Waals surface area (Å²) >= 11 is 0. The first-order chi connectivity index (χ1) is 17.2. The van der Waals surface area contributed by atoms with E-state index in [9.17, 15) is 17.6 Å². The Kier molecular flexibility index (Phi) is 7.85. The van der Waals surface area contributed by atoms with E-state index in [0.717, 1.165) is 43.7 Å². The lowest BCUT2D eigenvalue weighted by atomic mass is 10.0. The number of halogens is 1. The summed E-state index contributed by atoms with van der Waals surface area (Å²) in [7, 11) is -3.60. The second-order valence-corrected chi connectivity index (χ2v) is 10.4. The van der Waals surface area contributed by atoms with Gasteiger partial charge >= 0.3 is 0 Å². The fraction of sp³-hybridized carbons (Fsp3) is 0.308. The number of benzene rings is 2. The number of hydrogen-bond donors (Lipinski definition) is 1. The number of pyridine rings is 1. The summed E-state index contributed by atoms with van der Waals surface area (Å²) in [6.45, 7) is 6.24. The number of anilines is 1. The molecule has 190 valence electrons. The Hall–Kier alpha value is -3.50. The summed E-state index contributed by atoms with van der Waals surface area (Å²) in [5, 5.41) is 0. The predicted molar refractivity (Wildman–Crippen MR) is 137 cm³/mol. The van der Waals surface area contributed by atoms with Gasteiger partial charge in [-0.3, -0.25) is 14.7 Å². The zero-order valence-electron chi connectivity index (χ0n) is 20.3. The molecule has 0 radical (unpaired) electrons. The van der Waals surface area contributed by atoms with Gasteiger partial charge in [-0.05, 0) is 48.9 Å². The molecular weight excluding hydrogens is 483 g/mol. The molecule has 0 atom stereocenters. The molecule has 10 heteroatoms. The van der Waals surface area contributed by atoms with E-state index >= 15 is 0 Å². The van der Waals surface area contributed by atoms with Crippen molar-refractivity contribution < 1.29 is 22.3 Å². The molecule has 8 nitrogen and oxygen atoms in total. The molecule has 1 aromatic heterocycles. The molecule has 0 aliphatic carbocycles. The molecule has 36 heavy (non-hydrogen) atoms. The zero-order chi connectivity index (χ0) is 25.7. The summed E-state index contributed by atoms with van der Waals surface area (Å²) in [4.78, 5) is 20.6. The minimum Gasteiger partial charge on any atom is -0.492 e. The highest BCUT2D eigenvalue weighted by atomic mass is 32.2. The number of piperazine rings is 1. The first kappa shape index (κ1) is 25.6. The van der Waals surface area contributed by atoms with Crippen LogP contribution in [0.25, 0.3) is 11.1 Å². The largest absolute Gasteiger partial charge is 0.492 e. The van der Waals surface area contributed by atoms with E-state index in [1.54, 1.807) is 42.7 Å². The van der Waals surface area contributed by atoms with Gasteiger partial charge in [0.2, 0.25) is 10.0 Å². The summed E-state index contributed by atoms with van der Waals surface area (Å²) in [6.07, 6.45) is 4.19. The van der Waals surface area contributed by atoms with Crippen molar-refractivity contribution in [2.24, 2.45) is 0 Å². The third-order valence-corrected chi connectivity index (χ3v) is 6.48.